The lowest BCUT2D eigenvalue weighted by atomic mass is 10.0. The summed E-state index contributed by atoms with van der Waals surface area (Å²) in [6.45, 7) is 4.48. The number of aliphatic hydroxyl groups excluding tert-OH is 1. The Kier molecular flexibility index (Phi) is 4.67. The lowest BCUT2D eigenvalue weighted by Gasteiger charge is -2.08. The van der Waals surface area contributed by atoms with Crippen LogP contribution in [0.4, 0.5) is 0 Å². The van der Waals surface area contributed by atoms with E-state index < -0.39 is 0 Å². The predicted octanol–water partition coefficient (Wildman–Crippen LogP) is 3.51. The molecule has 0 saturated carbocycles. The Hall–Kier alpha value is -2.93. The summed E-state index contributed by atoms with van der Waals surface area (Å²) in [5, 5.41) is 28.5. The third-order valence-electron chi connectivity index (χ3n) is 4.25. The first-order valence-corrected chi connectivity index (χ1v) is 8.55. The Labute approximate surface area is 150 Å². The molecule has 0 radical (unpaired) electrons. The molecule has 0 aliphatic heterocycles. The van der Waals surface area contributed by atoms with Crippen LogP contribution in [-0.4, -0.2) is 14.7 Å². The molecule has 0 aliphatic carbocycles. The smallest absolute Gasteiger partial charge is 0.118 e. The molecule has 2 aromatic heterocycles. The molecule has 0 unspecified atom stereocenters. The fourth-order valence-electron chi connectivity index (χ4n) is 2.97. The molecule has 0 spiro atoms. The molecule has 0 atom stereocenters. The number of thiazole rings is 1. The number of nitriles is 2. The van der Waals surface area contributed by atoms with Crippen LogP contribution in [0.1, 0.15) is 32.4 Å². The van der Waals surface area contributed by atoms with Gasteiger partial charge in [-0.3, -0.25) is 0 Å². The molecule has 1 aromatic carbocycles. The average molecular weight is 348 g/mol. The van der Waals surface area contributed by atoms with Crippen molar-refractivity contribution in [2.75, 3.05) is 0 Å². The maximum Gasteiger partial charge on any atom is 0.118 e. The van der Waals surface area contributed by atoms with Gasteiger partial charge in [0, 0.05) is 28.0 Å². The zero-order valence-corrected chi connectivity index (χ0v) is 14.8. The van der Waals surface area contributed by atoms with Crippen molar-refractivity contribution in [3.05, 3.63) is 62.9 Å². The van der Waals surface area contributed by atoms with E-state index >= 15 is 0 Å². The van der Waals surface area contributed by atoms with Crippen molar-refractivity contribution in [3.63, 3.8) is 0 Å². The van der Waals surface area contributed by atoms with Crippen LogP contribution in [0.2, 0.25) is 0 Å². The third kappa shape index (κ3) is 3.06. The summed E-state index contributed by atoms with van der Waals surface area (Å²) >= 11 is 1.47. The van der Waals surface area contributed by atoms with Gasteiger partial charge in [0.15, 0.2) is 0 Å². The molecule has 0 amide bonds. The van der Waals surface area contributed by atoms with E-state index in [4.69, 9.17) is 5.26 Å². The van der Waals surface area contributed by atoms with Crippen molar-refractivity contribution in [2.45, 2.75) is 27.0 Å². The lowest BCUT2D eigenvalue weighted by molar-refractivity contribution is 0.281. The van der Waals surface area contributed by atoms with E-state index in [-0.39, 0.29) is 6.61 Å². The van der Waals surface area contributed by atoms with Gasteiger partial charge in [-0.1, -0.05) is 12.1 Å². The highest BCUT2D eigenvalue weighted by molar-refractivity contribution is 7.11. The highest BCUT2D eigenvalue weighted by Gasteiger charge is 2.19. The first-order chi connectivity index (χ1) is 12.1. The summed E-state index contributed by atoms with van der Waals surface area (Å²) in [5.41, 5.74) is 4.97. The molecule has 5 nitrogen and oxygen atoms in total. The molecular formula is C19H16N4OS. The molecule has 3 rings (SSSR count). The quantitative estimate of drug-likeness (QED) is 0.782. The largest absolute Gasteiger partial charge is 0.389 e. The van der Waals surface area contributed by atoms with Crippen molar-refractivity contribution in [3.8, 4) is 23.3 Å². The summed E-state index contributed by atoms with van der Waals surface area (Å²) in [6.07, 6.45) is 1.77. The number of hydrogen-bond donors (Lipinski definition) is 1. The van der Waals surface area contributed by atoms with Crippen molar-refractivity contribution < 1.29 is 5.11 Å². The van der Waals surface area contributed by atoms with Crippen LogP contribution in [0.25, 0.3) is 11.1 Å². The molecule has 0 fully saturated rings. The Morgan fingerprint density at radius 3 is 2.40 bits per heavy atom. The second-order valence-corrected chi connectivity index (χ2v) is 6.89. The monoisotopic (exact) mass is 348 g/mol. The van der Waals surface area contributed by atoms with E-state index in [1.54, 1.807) is 18.3 Å². The van der Waals surface area contributed by atoms with Crippen LogP contribution in [-0.2, 0) is 13.2 Å². The first kappa shape index (κ1) is 16.9. The SMILES string of the molecule is Cc1c(C#N)c(-c2ccc(C#N)cc2)c(C)n1Cc1cnc(CO)s1. The molecule has 25 heavy (non-hydrogen) atoms. The number of aromatic nitrogens is 2. The molecule has 3 aromatic rings. The normalized spacial score (nSPS) is 10.4. The van der Waals surface area contributed by atoms with E-state index in [0.717, 1.165) is 27.4 Å². The predicted molar refractivity (Wildman–Crippen MR) is 95.9 cm³/mol. The fraction of sp³-hybridized carbons (Fsp3) is 0.211. The van der Waals surface area contributed by atoms with Gasteiger partial charge in [0.25, 0.3) is 0 Å². The van der Waals surface area contributed by atoms with E-state index in [1.807, 2.05) is 26.0 Å². The molecule has 0 bridgehead atoms. The number of nitrogens with zero attached hydrogens (tertiary/aromatic N) is 4. The van der Waals surface area contributed by atoms with Crippen molar-refractivity contribution in [1.29, 1.82) is 10.5 Å². The van der Waals surface area contributed by atoms with Crippen molar-refractivity contribution >= 4 is 11.3 Å². The maximum atomic E-state index is 9.65. The minimum Gasteiger partial charge on any atom is -0.389 e. The van der Waals surface area contributed by atoms with Gasteiger partial charge in [0.1, 0.15) is 11.1 Å². The number of aliphatic hydroxyl groups is 1. The van der Waals surface area contributed by atoms with Crippen molar-refractivity contribution in [2.24, 2.45) is 0 Å². The first-order valence-electron chi connectivity index (χ1n) is 7.73. The van der Waals surface area contributed by atoms with E-state index in [9.17, 15) is 10.4 Å². The second kappa shape index (κ2) is 6.90. The Morgan fingerprint density at radius 1 is 1.12 bits per heavy atom. The Bertz CT molecular complexity index is 1000. The molecule has 1 N–H and O–H groups in total. The molecule has 0 aliphatic rings. The van der Waals surface area contributed by atoms with Gasteiger partial charge in [0.05, 0.1) is 30.3 Å². The van der Waals surface area contributed by atoms with Gasteiger partial charge in [-0.05, 0) is 31.5 Å². The standard InChI is InChI=1S/C19H16N4OS/c1-12-17(8-21)19(15-5-3-14(7-20)4-6-15)13(2)23(12)10-16-9-22-18(11-24)25-16/h3-6,9,24H,10-11H2,1-2H3. The summed E-state index contributed by atoms with van der Waals surface area (Å²) in [5.74, 6) is 0. The van der Waals surface area contributed by atoms with Crippen LogP contribution in [0.15, 0.2) is 30.5 Å². The van der Waals surface area contributed by atoms with Crippen LogP contribution in [0, 0.1) is 36.5 Å². The molecular weight excluding hydrogens is 332 g/mol. The highest BCUT2D eigenvalue weighted by atomic mass is 32.1. The van der Waals surface area contributed by atoms with Crippen LogP contribution >= 0.6 is 11.3 Å². The number of rotatable bonds is 4. The molecule has 124 valence electrons. The van der Waals surface area contributed by atoms with Crippen LogP contribution < -0.4 is 0 Å². The molecule has 0 saturated heterocycles. The minimum atomic E-state index is -0.0613. The van der Waals surface area contributed by atoms with Crippen LogP contribution in [0.5, 0.6) is 0 Å². The zero-order chi connectivity index (χ0) is 18.0. The van der Waals surface area contributed by atoms with Gasteiger partial charge in [0.2, 0.25) is 0 Å². The summed E-state index contributed by atoms with van der Waals surface area (Å²) in [6, 6.07) is 11.7. The topological polar surface area (TPSA) is 85.6 Å². The number of hydrogen-bond acceptors (Lipinski definition) is 5. The van der Waals surface area contributed by atoms with Gasteiger partial charge in [-0.15, -0.1) is 11.3 Å². The Morgan fingerprint density at radius 2 is 1.84 bits per heavy atom. The lowest BCUT2D eigenvalue weighted by Crippen LogP contribution is -2.02. The fourth-order valence-corrected chi connectivity index (χ4v) is 3.74. The summed E-state index contributed by atoms with van der Waals surface area (Å²) in [4.78, 5) is 5.21. The maximum absolute atomic E-state index is 9.65. The second-order valence-electron chi connectivity index (χ2n) is 5.69. The Balaban J connectivity index is 2.07. The molecule has 2 heterocycles. The van der Waals surface area contributed by atoms with Gasteiger partial charge >= 0.3 is 0 Å². The summed E-state index contributed by atoms with van der Waals surface area (Å²) in [7, 11) is 0. The molecule has 6 heteroatoms. The minimum absolute atomic E-state index is 0.0613. The van der Waals surface area contributed by atoms with Crippen LogP contribution in [0.3, 0.4) is 0 Å². The van der Waals surface area contributed by atoms with E-state index in [1.165, 1.54) is 11.3 Å². The van der Waals surface area contributed by atoms with E-state index in [2.05, 4.69) is 21.7 Å². The zero-order valence-electron chi connectivity index (χ0n) is 13.9. The van der Waals surface area contributed by atoms with Gasteiger partial charge in [-0.2, -0.15) is 10.5 Å². The van der Waals surface area contributed by atoms with Crippen molar-refractivity contribution in [1.82, 2.24) is 9.55 Å². The number of benzene rings is 1. The summed E-state index contributed by atoms with van der Waals surface area (Å²) < 4.78 is 2.10. The third-order valence-corrected chi connectivity index (χ3v) is 5.22. The van der Waals surface area contributed by atoms with E-state index in [0.29, 0.717) is 22.7 Å². The van der Waals surface area contributed by atoms with Gasteiger partial charge in [-0.25, -0.2) is 4.98 Å². The average Bonchev–Trinajstić information content (AvgIpc) is 3.19. The van der Waals surface area contributed by atoms with Gasteiger partial charge < -0.3 is 9.67 Å². The highest BCUT2D eigenvalue weighted by Crippen LogP contribution is 2.33.